The smallest absolute Gasteiger partial charge is 0.232 e. The Balaban J connectivity index is 2.13. The van der Waals surface area contributed by atoms with Crippen molar-refractivity contribution < 1.29 is 35.1 Å². The van der Waals surface area contributed by atoms with E-state index in [4.69, 9.17) is 14.6 Å². The quantitative estimate of drug-likeness (QED) is 0.249. The fourth-order valence-corrected chi connectivity index (χ4v) is 5.14. The number of methoxy groups -OCH3 is 1. The molecule has 0 heterocycles. The van der Waals surface area contributed by atoms with Crippen LogP contribution in [0.4, 0.5) is 25.8 Å². The Morgan fingerprint density at radius 1 is 1.03 bits per heavy atom. The van der Waals surface area contributed by atoms with E-state index in [1.807, 2.05) is 22.6 Å². The Labute approximate surface area is 227 Å². The zero-order valence-electron chi connectivity index (χ0n) is 19.7. The molecule has 0 spiro atoms. The minimum absolute atomic E-state index is 0.000329. The number of ether oxygens (including phenoxy) is 2. The zero-order chi connectivity index (χ0) is 27.4. The summed E-state index contributed by atoms with van der Waals surface area (Å²) in [6.07, 6.45) is -1.23. The Kier molecular flexibility index (Phi) is 9.33. The largest absolute Gasteiger partial charge is 0.457 e. The van der Waals surface area contributed by atoms with Gasteiger partial charge in [0.05, 0.1) is 28.6 Å². The molecule has 0 aliphatic carbocycles. The highest BCUT2D eigenvalue weighted by atomic mass is 127. The average molecular weight is 667 g/mol. The molecular weight excluding hydrogens is 643 g/mol. The molecule has 14 heteroatoms. The third-order valence-corrected chi connectivity index (χ3v) is 7.76. The van der Waals surface area contributed by atoms with Crippen molar-refractivity contribution in [3.8, 4) is 11.5 Å². The third-order valence-electron chi connectivity index (χ3n) is 5.01. The average Bonchev–Trinajstić information content (AvgIpc) is 2.79. The standard InChI is InChI=1S/C23H24F2IN3O6S2/c1-3-37(32,33)29-16-5-4-6-17(12-16)35-21-10-14(24)9-20(23(21)22(34-2)13-36(27,30)31)28-19-8-7-15(26)11-18(19)25/h4-12,22,28-29H,3,13H2,1-2H3,(H2,27,30,31). The maximum Gasteiger partial charge on any atom is 0.232 e. The van der Waals surface area contributed by atoms with Gasteiger partial charge in [-0.05, 0) is 65.9 Å². The highest BCUT2D eigenvalue weighted by Crippen LogP contribution is 2.40. The second kappa shape index (κ2) is 11.9. The van der Waals surface area contributed by atoms with E-state index < -0.39 is 43.5 Å². The molecule has 0 aliphatic rings. The first-order valence-corrected chi connectivity index (χ1v) is 15.1. The highest BCUT2D eigenvalue weighted by Gasteiger charge is 2.27. The third kappa shape index (κ3) is 8.23. The van der Waals surface area contributed by atoms with E-state index in [2.05, 4.69) is 10.0 Å². The molecule has 0 bridgehead atoms. The lowest BCUT2D eigenvalue weighted by Crippen LogP contribution is -2.24. The van der Waals surface area contributed by atoms with Crippen molar-refractivity contribution in [1.29, 1.82) is 0 Å². The second-order valence-electron chi connectivity index (χ2n) is 7.80. The number of primary sulfonamides is 1. The molecule has 1 unspecified atom stereocenters. The number of nitrogens with one attached hydrogen (secondary N) is 2. The summed E-state index contributed by atoms with van der Waals surface area (Å²) in [5.74, 6) is -2.29. The molecule has 9 nitrogen and oxygen atoms in total. The van der Waals surface area contributed by atoms with Crippen LogP contribution in [0.1, 0.15) is 18.6 Å². The maximum absolute atomic E-state index is 14.7. The van der Waals surface area contributed by atoms with E-state index in [0.29, 0.717) is 3.57 Å². The molecule has 3 aromatic carbocycles. The van der Waals surface area contributed by atoms with Crippen molar-refractivity contribution in [2.75, 3.05) is 28.7 Å². The van der Waals surface area contributed by atoms with Crippen molar-refractivity contribution >= 4 is 59.7 Å². The predicted octanol–water partition coefficient (Wildman–Crippen LogP) is 4.84. The van der Waals surface area contributed by atoms with Gasteiger partial charge in [0.2, 0.25) is 20.0 Å². The number of nitrogens with two attached hydrogens (primary N) is 1. The Hall–Kier alpha value is -2.53. The van der Waals surface area contributed by atoms with Gasteiger partial charge >= 0.3 is 0 Å². The monoisotopic (exact) mass is 667 g/mol. The molecular formula is C23H24F2IN3O6S2. The molecule has 0 saturated heterocycles. The van der Waals surface area contributed by atoms with Gasteiger partial charge in [-0.3, -0.25) is 4.72 Å². The number of halogens is 3. The van der Waals surface area contributed by atoms with Crippen LogP contribution in [-0.4, -0.2) is 35.5 Å². The Morgan fingerprint density at radius 3 is 2.38 bits per heavy atom. The number of hydrogen-bond acceptors (Lipinski definition) is 7. The molecule has 3 aromatic rings. The van der Waals surface area contributed by atoms with Crippen LogP contribution >= 0.6 is 22.6 Å². The summed E-state index contributed by atoms with van der Waals surface area (Å²) in [7, 11) is -6.41. The first kappa shape index (κ1) is 29.0. The van der Waals surface area contributed by atoms with Crippen LogP contribution in [0.3, 0.4) is 0 Å². The number of sulfonamides is 2. The van der Waals surface area contributed by atoms with Gasteiger partial charge in [0, 0.05) is 28.4 Å². The Morgan fingerprint density at radius 2 is 1.76 bits per heavy atom. The van der Waals surface area contributed by atoms with E-state index in [0.717, 1.165) is 12.1 Å². The van der Waals surface area contributed by atoms with Gasteiger partial charge in [-0.15, -0.1) is 0 Å². The molecule has 1 atom stereocenters. The van der Waals surface area contributed by atoms with E-state index in [9.17, 15) is 25.6 Å². The molecule has 4 N–H and O–H groups in total. The summed E-state index contributed by atoms with van der Waals surface area (Å²) in [5.41, 5.74) is 0.230. The Bertz CT molecular complexity index is 1500. The van der Waals surface area contributed by atoms with E-state index in [-0.39, 0.29) is 39.9 Å². The van der Waals surface area contributed by atoms with Crippen molar-refractivity contribution in [2.45, 2.75) is 13.0 Å². The summed E-state index contributed by atoms with van der Waals surface area (Å²) in [5, 5.41) is 8.03. The van der Waals surface area contributed by atoms with Crippen LogP contribution in [-0.2, 0) is 24.8 Å². The normalized spacial score (nSPS) is 12.7. The first-order chi connectivity index (χ1) is 17.3. The minimum atomic E-state index is -4.07. The second-order valence-corrected chi connectivity index (χ2v) is 12.7. The van der Waals surface area contributed by atoms with Gasteiger partial charge < -0.3 is 14.8 Å². The van der Waals surface area contributed by atoms with Gasteiger partial charge in [-0.25, -0.2) is 30.8 Å². The lowest BCUT2D eigenvalue weighted by molar-refractivity contribution is 0.120. The fourth-order valence-electron chi connectivity index (χ4n) is 3.33. The number of hydrogen-bond donors (Lipinski definition) is 3. The van der Waals surface area contributed by atoms with Gasteiger partial charge in [0.25, 0.3) is 0 Å². The number of anilines is 3. The van der Waals surface area contributed by atoms with Crippen LogP contribution in [0, 0.1) is 15.2 Å². The van der Waals surface area contributed by atoms with E-state index in [1.54, 1.807) is 6.07 Å². The minimum Gasteiger partial charge on any atom is -0.457 e. The molecule has 0 amide bonds. The van der Waals surface area contributed by atoms with Crippen molar-refractivity contribution in [3.05, 3.63) is 75.4 Å². The van der Waals surface area contributed by atoms with Crippen LogP contribution in [0.15, 0.2) is 54.6 Å². The lowest BCUT2D eigenvalue weighted by Gasteiger charge is -2.23. The van der Waals surface area contributed by atoms with Gasteiger partial charge in [-0.1, -0.05) is 6.07 Å². The molecule has 0 saturated carbocycles. The molecule has 0 radical (unpaired) electrons. The van der Waals surface area contributed by atoms with Crippen LogP contribution in [0.2, 0.25) is 0 Å². The van der Waals surface area contributed by atoms with Crippen molar-refractivity contribution in [3.63, 3.8) is 0 Å². The van der Waals surface area contributed by atoms with E-state index >= 15 is 0 Å². The summed E-state index contributed by atoms with van der Waals surface area (Å²) < 4.78 is 91.3. The van der Waals surface area contributed by atoms with Crippen LogP contribution in [0.25, 0.3) is 0 Å². The van der Waals surface area contributed by atoms with Crippen LogP contribution < -0.4 is 19.9 Å². The topological polar surface area (TPSA) is 137 Å². The molecule has 0 aromatic heterocycles. The maximum atomic E-state index is 14.7. The molecule has 0 aliphatic heterocycles. The molecule has 37 heavy (non-hydrogen) atoms. The molecule has 200 valence electrons. The van der Waals surface area contributed by atoms with Gasteiger partial charge in [-0.2, -0.15) is 0 Å². The summed E-state index contributed by atoms with van der Waals surface area (Å²) in [6.45, 7) is 1.48. The number of rotatable bonds is 11. The van der Waals surface area contributed by atoms with Gasteiger partial charge in [0.1, 0.15) is 29.2 Å². The van der Waals surface area contributed by atoms with Crippen molar-refractivity contribution in [2.24, 2.45) is 5.14 Å². The SMILES string of the molecule is CCS(=O)(=O)Nc1cccc(Oc2cc(F)cc(Nc3ccc(I)cc3F)c2C(CS(N)(=O)=O)OC)c1. The fraction of sp³-hybridized carbons (Fsp3) is 0.217. The summed E-state index contributed by atoms with van der Waals surface area (Å²) in [4.78, 5) is 0. The summed E-state index contributed by atoms with van der Waals surface area (Å²) in [6, 6.07) is 12.3. The number of benzene rings is 3. The van der Waals surface area contributed by atoms with Crippen LogP contribution in [0.5, 0.6) is 11.5 Å². The predicted molar refractivity (Wildman–Crippen MR) is 146 cm³/mol. The van der Waals surface area contributed by atoms with Gasteiger partial charge in [0.15, 0.2) is 0 Å². The first-order valence-electron chi connectivity index (χ1n) is 10.7. The molecule has 3 rings (SSSR count). The highest BCUT2D eigenvalue weighted by molar-refractivity contribution is 14.1. The summed E-state index contributed by atoms with van der Waals surface area (Å²) >= 11 is 1.94. The lowest BCUT2D eigenvalue weighted by atomic mass is 10.1. The molecule has 0 fully saturated rings. The zero-order valence-corrected chi connectivity index (χ0v) is 23.5. The van der Waals surface area contributed by atoms with Crippen molar-refractivity contribution in [1.82, 2.24) is 0 Å². The van der Waals surface area contributed by atoms with E-state index in [1.165, 1.54) is 50.4 Å².